The zero-order valence-corrected chi connectivity index (χ0v) is 13.3. The van der Waals surface area contributed by atoms with Crippen LogP contribution in [0.1, 0.15) is 28.8 Å². The number of ketones is 1. The molecule has 5 heteroatoms. The molecule has 2 aromatic rings. The molecule has 1 fully saturated rings. The number of aliphatic hydroxyl groups is 1. The molecule has 0 unspecified atom stereocenters. The van der Waals surface area contributed by atoms with Crippen LogP contribution >= 0.6 is 0 Å². The first-order valence-electron chi connectivity index (χ1n) is 7.99. The summed E-state index contributed by atoms with van der Waals surface area (Å²) in [7, 11) is 0. The van der Waals surface area contributed by atoms with Crippen LogP contribution < -0.4 is 4.74 Å². The number of hydrogen-bond acceptors (Lipinski definition) is 5. The minimum Gasteiger partial charge on any atom is -0.494 e. The summed E-state index contributed by atoms with van der Waals surface area (Å²) in [6.45, 7) is 1.18. The lowest BCUT2D eigenvalue weighted by molar-refractivity contribution is -0.317. The average molecular weight is 328 g/mol. The van der Waals surface area contributed by atoms with Gasteiger partial charge in [-0.3, -0.25) is 4.79 Å². The highest BCUT2D eigenvalue weighted by Crippen LogP contribution is 2.29. The Hall–Kier alpha value is -2.21. The molecule has 2 aromatic carbocycles. The fourth-order valence-electron chi connectivity index (χ4n) is 2.52. The van der Waals surface area contributed by atoms with E-state index in [4.69, 9.17) is 14.2 Å². The summed E-state index contributed by atoms with van der Waals surface area (Å²) in [6.07, 6.45) is 1.09. The van der Waals surface area contributed by atoms with Gasteiger partial charge in [-0.05, 0) is 30.7 Å². The lowest BCUT2D eigenvalue weighted by atomic mass is 10.1. The van der Waals surface area contributed by atoms with Crippen LogP contribution in [0.5, 0.6) is 5.75 Å². The summed E-state index contributed by atoms with van der Waals surface area (Å²) in [4.78, 5) is 12.0. The number of carbonyl (C=O) groups excluding carboxylic acids is 1. The van der Waals surface area contributed by atoms with Gasteiger partial charge >= 0.3 is 5.97 Å². The van der Waals surface area contributed by atoms with Gasteiger partial charge in [0.05, 0.1) is 19.8 Å². The average Bonchev–Trinajstić information content (AvgIpc) is 3.07. The molecule has 1 N–H and O–H groups in total. The summed E-state index contributed by atoms with van der Waals surface area (Å²) in [5, 5.41) is 10.1. The number of Topliss-reactive ketones (excluding diaryl/α,β-unsaturated/α-hetero) is 1. The predicted molar refractivity (Wildman–Crippen MR) is 87.7 cm³/mol. The quantitative estimate of drug-likeness (QED) is 0.625. The number of rotatable bonds is 7. The van der Waals surface area contributed by atoms with Crippen molar-refractivity contribution in [1.29, 1.82) is 0 Å². The van der Waals surface area contributed by atoms with Crippen LogP contribution in [0.25, 0.3) is 0 Å². The van der Waals surface area contributed by atoms with Crippen LogP contribution in [0, 0.1) is 0 Å². The van der Waals surface area contributed by atoms with E-state index in [9.17, 15) is 9.90 Å². The Labute approximate surface area is 140 Å². The van der Waals surface area contributed by atoms with Crippen molar-refractivity contribution >= 4 is 5.78 Å². The van der Waals surface area contributed by atoms with E-state index in [0.717, 1.165) is 5.56 Å². The Bertz CT molecular complexity index is 660. The summed E-state index contributed by atoms with van der Waals surface area (Å²) in [6, 6.07) is 16.1. The largest absolute Gasteiger partial charge is 0.494 e. The van der Waals surface area contributed by atoms with E-state index in [-0.39, 0.29) is 5.78 Å². The molecule has 0 bridgehead atoms. The maximum Gasteiger partial charge on any atom is 0.309 e. The van der Waals surface area contributed by atoms with Crippen molar-refractivity contribution in [3.63, 3.8) is 0 Å². The predicted octanol–water partition coefficient (Wildman–Crippen LogP) is 2.88. The maximum absolute atomic E-state index is 12.0. The summed E-state index contributed by atoms with van der Waals surface area (Å²) in [5.74, 6) is -0.861. The van der Waals surface area contributed by atoms with Gasteiger partial charge in [0.2, 0.25) is 0 Å². The molecule has 0 aliphatic carbocycles. The van der Waals surface area contributed by atoms with Crippen LogP contribution in [0.15, 0.2) is 54.6 Å². The Morgan fingerprint density at radius 1 is 1.04 bits per heavy atom. The number of ether oxygens (including phenoxy) is 3. The van der Waals surface area contributed by atoms with Crippen molar-refractivity contribution in [3.05, 3.63) is 65.7 Å². The molecule has 24 heavy (non-hydrogen) atoms. The molecule has 0 atom stereocenters. The summed E-state index contributed by atoms with van der Waals surface area (Å²) >= 11 is 0. The van der Waals surface area contributed by atoms with Crippen molar-refractivity contribution in [2.75, 3.05) is 19.8 Å². The highest BCUT2D eigenvalue weighted by Gasteiger charge is 2.36. The Balaban J connectivity index is 1.45. The molecular weight excluding hydrogens is 308 g/mol. The maximum atomic E-state index is 12.0. The Morgan fingerprint density at radius 3 is 2.38 bits per heavy atom. The molecule has 0 saturated carbocycles. The van der Waals surface area contributed by atoms with E-state index in [0.29, 0.717) is 44.0 Å². The molecule has 126 valence electrons. The monoisotopic (exact) mass is 328 g/mol. The molecule has 0 spiro atoms. The lowest BCUT2D eigenvalue weighted by Gasteiger charge is -2.20. The fraction of sp³-hybridized carbons (Fsp3) is 0.316. The van der Waals surface area contributed by atoms with Crippen molar-refractivity contribution in [2.45, 2.75) is 18.8 Å². The molecule has 5 nitrogen and oxygen atoms in total. The number of hydrogen-bond donors (Lipinski definition) is 1. The van der Waals surface area contributed by atoms with Crippen molar-refractivity contribution in [1.82, 2.24) is 0 Å². The second-order valence-corrected chi connectivity index (χ2v) is 5.54. The molecule has 3 rings (SSSR count). The van der Waals surface area contributed by atoms with Crippen LogP contribution in [-0.4, -0.2) is 30.7 Å². The zero-order valence-electron chi connectivity index (χ0n) is 13.3. The normalized spacial score (nSPS) is 16.0. The Morgan fingerprint density at radius 2 is 1.71 bits per heavy atom. The first-order valence-corrected chi connectivity index (χ1v) is 7.99. The van der Waals surface area contributed by atoms with E-state index in [1.165, 1.54) is 0 Å². The third-order valence-corrected chi connectivity index (χ3v) is 3.81. The third-order valence-electron chi connectivity index (χ3n) is 3.81. The molecule has 0 aromatic heterocycles. The molecule has 1 aliphatic heterocycles. The van der Waals surface area contributed by atoms with Gasteiger partial charge in [-0.25, -0.2) is 0 Å². The van der Waals surface area contributed by atoms with E-state index in [1.54, 1.807) is 24.3 Å². The first-order chi connectivity index (χ1) is 11.7. The van der Waals surface area contributed by atoms with E-state index in [2.05, 4.69) is 0 Å². The molecular formula is C19H20O5. The third kappa shape index (κ3) is 4.00. The molecule has 1 heterocycles. The van der Waals surface area contributed by atoms with Crippen molar-refractivity contribution in [3.8, 4) is 5.75 Å². The van der Waals surface area contributed by atoms with Crippen molar-refractivity contribution < 1.29 is 24.1 Å². The SMILES string of the molecule is O=C(CCCOc1ccc(C2(O)OCCO2)cc1)c1ccccc1. The first kappa shape index (κ1) is 16.6. The lowest BCUT2D eigenvalue weighted by Crippen LogP contribution is -2.26. The van der Waals surface area contributed by atoms with Crippen LogP contribution in [0.2, 0.25) is 0 Å². The van der Waals surface area contributed by atoms with Crippen molar-refractivity contribution in [2.24, 2.45) is 0 Å². The van der Waals surface area contributed by atoms with E-state index < -0.39 is 5.97 Å². The minimum atomic E-state index is -1.65. The van der Waals surface area contributed by atoms with Crippen LogP contribution in [-0.2, 0) is 15.4 Å². The van der Waals surface area contributed by atoms with Gasteiger partial charge in [0.1, 0.15) is 5.75 Å². The topological polar surface area (TPSA) is 65.0 Å². The Kier molecular flexibility index (Phi) is 5.25. The van der Waals surface area contributed by atoms with Crippen LogP contribution in [0.3, 0.4) is 0 Å². The van der Waals surface area contributed by atoms with Gasteiger partial charge in [0, 0.05) is 17.5 Å². The summed E-state index contributed by atoms with van der Waals surface area (Å²) in [5.41, 5.74) is 1.26. The molecule has 0 radical (unpaired) electrons. The second kappa shape index (κ2) is 7.57. The minimum absolute atomic E-state index is 0.118. The fourth-order valence-corrected chi connectivity index (χ4v) is 2.52. The molecule has 1 aliphatic rings. The molecule has 0 amide bonds. The van der Waals surface area contributed by atoms with Gasteiger partial charge in [0.25, 0.3) is 0 Å². The number of benzene rings is 2. The smallest absolute Gasteiger partial charge is 0.309 e. The second-order valence-electron chi connectivity index (χ2n) is 5.54. The van der Waals surface area contributed by atoms with Gasteiger partial charge in [-0.15, -0.1) is 0 Å². The zero-order chi connectivity index (χ0) is 16.8. The highest BCUT2D eigenvalue weighted by atomic mass is 16.8. The van der Waals surface area contributed by atoms with Gasteiger partial charge in [0.15, 0.2) is 5.78 Å². The van der Waals surface area contributed by atoms with E-state index in [1.807, 2.05) is 30.3 Å². The highest BCUT2D eigenvalue weighted by molar-refractivity contribution is 5.95. The summed E-state index contributed by atoms with van der Waals surface area (Å²) < 4.78 is 16.0. The van der Waals surface area contributed by atoms with Gasteiger partial charge in [-0.1, -0.05) is 30.3 Å². The van der Waals surface area contributed by atoms with Gasteiger partial charge < -0.3 is 19.3 Å². The van der Waals surface area contributed by atoms with E-state index >= 15 is 0 Å². The van der Waals surface area contributed by atoms with Gasteiger partial charge in [-0.2, -0.15) is 0 Å². The standard InChI is InChI=1S/C19H20O5/c20-18(15-5-2-1-3-6-15)7-4-12-22-17-10-8-16(9-11-17)19(21)23-13-14-24-19/h1-3,5-6,8-11,21H,4,7,12-14H2. The number of carbonyl (C=O) groups is 1. The molecule has 1 saturated heterocycles. The van der Waals surface area contributed by atoms with Crippen LogP contribution in [0.4, 0.5) is 0 Å².